The van der Waals surface area contributed by atoms with Crippen LogP contribution in [0.2, 0.25) is 0 Å². The van der Waals surface area contributed by atoms with E-state index >= 15 is 0 Å². The maximum absolute atomic E-state index is 10.9. The van der Waals surface area contributed by atoms with Crippen LogP contribution in [0.15, 0.2) is 24.3 Å². The molecule has 0 aliphatic carbocycles. The van der Waals surface area contributed by atoms with Gasteiger partial charge < -0.3 is 11.1 Å². The van der Waals surface area contributed by atoms with Crippen molar-refractivity contribution >= 4 is 5.91 Å². The maximum atomic E-state index is 10.9. The van der Waals surface area contributed by atoms with Crippen LogP contribution in [0.1, 0.15) is 0 Å². The number of carbonyl (C=O) groups is 1. The van der Waals surface area contributed by atoms with Gasteiger partial charge in [-0.15, -0.1) is 0 Å². The molecular weight excluding hydrogens is 130 g/mol. The first-order valence-corrected chi connectivity index (χ1v) is 2.82. The number of likely N-dealkylation sites (N-methyl/N-ethyl adjacent to an activating group) is 1. The second kappa shape index (κ2) is 2.06. The highest BCUT2D eigenvalue weighted by Gasteiger charge is 2.14. The standard InChI is InChI=1S/C6H9N3O/c1-4-8-5(7)3-6(10)9(4)2/h3,8H,1,7H2,2H3. The number of amides is 1. The first-order chi connectivity index (χ1) is 4.61. The molecule has 0 spiro atoms. The van der Waals surface area contributed by atoms with E-state index in [4.69, 9.17) is 5.73 Å². The summed E-state index contributed by atoms with van der Waals surface area (Å²) in [5.74, 6) is 0.694. The van der Waals surface area contributed by atoms with E-state index < -0.39 is 0 Å². The predicted octanol–water partition coefficient (Wildman–Crippen LogP) is -0.681. The summed E-state index contributed by atoms with van der Waals surface area (Å²) in [6, 6.07) is 0. The lowest BCUT2D eigenvalue weighted by Crippen LogP contribution is -2.38. The average Bonchev–Trinajstić information content (AvgIpc) is 1.82. The van der Waals surface area contributed by atoms with Crippen molar-refractivity contribution < 1.29 is 4.79 Å². The summed E-state index contributed by atoms with van der Waals surface area (Å²) in [4.78, 5) is 12.3. The molecule has 1 rings (SSSR count). The van der Waals surface area contributed by atoms with Crippen molar-refractivity contribution in [1.29, 1.82) is 0 Å². The molecule has 0 atom stereocenters. The fourth-order valence-electron chi connectivity index (χ4n) is 0.649. The van der Waals surface area contributed by atoms with Crippen LogP contribution in [0, 0.1) is 0 Å². The summed E-state index contributed by atoms with van der Waals surface area (Å²) in [5.41, 5.74) is 5.32. The highest BCUT2D eigenvalue weighted by Crippen LogP contribution is 2.03. The zero-order valence-corrected chi connectivity index (χ0v) is 5.72. The normalized spacial score (nSPS) is 18.5. The Labute approximate surface area is 59.0 Å². The van der Waals surface area contributed by atoms with E-state index in [1.54, 1.807) is 7.05 Å². The van der Waals surface area contributed by atoms with Crippen molar-refractivity contribution in [2.45, 2.75) is 0 Å². The van der Waals surface area contributed by atoms with Gasteiger partial charge in [-0.3, -0.25) is 9.69 Å². The Morgan fingerprint density at radius 3 is 2.90 bits per heavy atom. The Balaban J connectivity index is 2.89. The molecular formula is C6H9N3O. The van der Waals surface area contributed by atoms with E-state index in [2.05, 4.69) is 11.9 Å². The quantitative estimate of drug-likeness (QED) is 0.467. The lowest BCUT2D eigenvalue weighted by molar-refractivity contribution is -0.123. The number of nitrogens with one attached hydrogen (secondary N) is 1. The number of nitrogens with zero attached hydrogens (tertiary/aromatic N) is 1. The Hall–Kier alpha value is -1.45. The van der Waals surface area contributed by atoms with Gasteiger partial charge in [0.25, 0.3) is 5.91 Å². The molecule has 1 amide bonds. The fraction of sp³-hybridized carbons (Fsp3) is 0.167. The smallest absolute Gasteiger partial charge is 0.255 e. The molecule has 1 heterocycles. The highest BCUT2D eigenvalue weighted by molar-refractivity contribution is 5.90. The molecule has 54 valence electrons. The molecule has 10 heavy (non-hydrogen) atoms. The Kier molecular flexibility index (Phi) is 1.37. The van der Waals surface area contributed by atoms with Crippen molar-refractivity contribution in [3.63, 3.8) is 0 Å². The van der Waals surface area contributed by atoms with E-state index in [1.165, 1.54) is 11.0 Å². The van der Waals surface area contributed by atoms with E-state index in [1.807, 2.05) is 0 Å². The summed E-state index contributed by atoms with van der Waals surface area (Å²) < 4.78 is 0. The van der Waals surface area contributed by atoms with Crippen molar-refractivity contribution in [2.24, 2.45) is 5.73 Å². The molecule has 4 heteroatoms. The van der Waals surface area contributed by atoms with Crippen molar-refractivity contribution in [2.75, 3.05) is 7.05 Å². The molecule has 3 N–H and O–H groups in total. The van der Waals surface area contributed by atoms with Crippen LogP contribution < -0.4 is 11.1 Å². The highest BCUT2D eigenvalue weighted by atomic mass is 16.2. The molecule has 1 aliphatic rings. The molecule has 0 unspecified atom stereocenters. The van der Waals surface area contributed by atoms with Gasteiger partial charge in [0.15, 0.2) is 0 Å². The molecule has 0 aromatic rings. The van der Waals surface area contributed by atoms with Crippen molar-refractivity contribution in [3.05, 3.63) is 24.3 Å². The van der Waals surface area contributed by atoms with Crippen LogP contribution in [0.4, 0.5) is 0 Å². The maximum Gasteiger partial charge on any atom is 0.255 e. The number of hydrogen-bond donors (Lipinski definition) is 2. The lowest BCUT2D eigenvalue weighted by Gasteiger charge is -2.23. The monoisotopic (exact) mass is 139 g/mol. The summed E-state index contributed by atoms with van der Waals surface area (Å²) in [6.45, 7) is 3.57. The fourth-order valence-corrected chi connectivity index (χ4v) is 0.649. The van der Waals surface area contributed by atoms with Crippen LogP contribution >= 0.6 is 0 Å². The second-order valence-corrected chi connectivity index (χ2v) is 2.07. The average molecular weight is 139 g/mol. The topological polar surface area (TPSA) is 58.4 Å². The van der Waals surface area contributed by atoms with Crippen LogP contribution in [-0.4, -0.2) is 17.9 Å². The molecule has 0 bridgehead atoms. The van der Waals surface area contributed by atoms with Gasteiger partial charge in [0, 0.05) is 13.1 Å². The van der Waals surface area contributed by atoms with Gasteiger partial charge in [0.05, 0.1) is 0 Å². The molecule has 0 aromatic carbocycles. The van der Waals surface area contributed by atoms with Gasteiger partial charge in [-0.1, -0.05) is 6.58 Å². The minimum absolute atomic E-state index is 0.152. The number of carbonyl (C=O) groups excluding carboxylic acids is 1. The van der Waals surface area contributed by atoms with Crippen LogP contribution in [0.5, 0.6) is 0 Å². The van der Waals surface area contributed by atoms with E-state index in [-0.39, 0.29) is 5.91 Å². The number of rotatable bonds is 0. The first-order valence-electron chi connectivity index (χ1n) is 2.82. The predicted molar refractivity (Wildman–Crippen MR) is 37.3 cm³/mol. The Bertz CT molecular complexity index is 219. The first kappa shape index (κ1) is 6.67. The van der Waals surface area contributed by atoms with E-state index in [0.29, 0.717) is 11.6 Å². The SMILES string of the molecule is C=C1NC(N)=CC(=O)N1C. The van der Waals surface area contributed by atoms with E-state index in [9.17, 15) is 4.79 Å². The summed E-state index contributed by atoms with van der Waals surface area (Å²) in [5, 5.41) is 2.71. The lowest BCUT2D eigenvalue weighted by atomic mass is 10.4. The van der Waals surface area contributed by atoms with Crippen molar-refractivity contribution in [3.8, 4) is 0 Å². The molecule has 0 saturated carbocycles. The number of hydrogen-bond acceptors (Lipinski definition) is 3. The molecule has 4 nitrogen and oxygen atoms in total. The van der Waals surface area contributed by atoms with Gasteiger partial charge in [0.1, 0.15) is 11.6 Å². The summed E-state index contributed by atoms with van der Waals surface area (Å²) in [6.07, 6.45) is 1.31. The van der Waals surface area contributed by atoms with Crippen LogP contribution in [0.3, 0.4) is 0 Å². The number of nitrogens with two attached hydrogens (primary N) is 1. The van der Waals surface area contributed by atoms with E-state index in [0.717, 1.165) is 0 Å². The summed E-state index contributed by atoms with van der Waals surface area (Å²) in [7, 11) is 1.63. The Morgan fingerprint density at radius 2 is 2.40 bits per heavy atom. The van der Waals surface area contributed by atoms with Gasteiger partial charge >= 0.3 is 0 Å². The van der Waals surface area contributed by atoms with Gasteiger partial charge in [0.2, 0.25) is 0 Å². The van der Waals surface area contributed by atoms with Crippen molar-refractivity contribution in [1.82, 2.24) is 10.2 Å². The molecule has 0 radical (unpaired) electrons. The zero-order chi connectivity index (χ0) is 7.72. The summed E-state index contributed by atoms with van der Waals surface area (Å²) >= 11 is 0. The molecule has 1 aliphatic heterocycles. The minimum atomic E-state index is -0.152. The van der Waals surface area contributed by atoms with Gasteiger partial charge in [-0.25, -0.2) is 0 Å². The third-order valence-corrected chi connectivity index (χ3v) is 1.30. The zero-order valence-electron chi connectivity index (χ0n) is 5.72. The third-order valence-electron chi connectivity index (χ3n) is 1.30. The minimum Gasteiger partial charge on any atom is -0.385 e. The van der Waals surface area contributed by atoms with Gasteiger partial charge in [-0.05, 0) is 0 Å². The largest absolute Gasteiger partial charge is 0.385 e. The second-order valence-electron chi connectivity index (χ2n) is 2.07. The molecule has 0 aromatic heterocycles. The molecule has 0 saturated heterocycles. The van der Waals surface area contributed by atoms with Crippen LogP contribution in [-0.2, 0) is 4.79 Å². The molecule has 0 fully saturated rings. The van der Waals surface area contributed by atoms with Gasteiger partial charge in [-0.2, -0.15) is 0 Å². The Morgan fingerprint density at radius 1 is 1.80 bits per heavy atom. The van der Waals surface area contributed by atoms with Crippen LogP contribution in [0.25, 0.3) is 0 Å². The third kappa shape index (κ3) is 0.953.